The quantitative estimate of drug-likeness (QED) is 0.194. The van der Waals surface area contributed by atoms with Gasteiger partial charge in [0.15, 0.2) is 17.7 Å². The topological polar surface area (TPSA) is 136 Å². The van der Waals surface area contributed by atoms with Crippen LogP contribution < -0.4 is 0 Å². The molecular formula is C53H62F2O11. The van der Waals surface area contributed by atoms with Crippen LogP contribution in [-0.4, -0.2) is 83.4 Å². The first-order valence-corrected chi connectivity index (χ1v) is 22.5. The first kappa shape index (κ1) is 50.1. The van der Waals surface area contributed by atoms with Crippen LogP contribution in [0.2, 0.25) is 0 Å². The molecule has 0 radical (unpaired) electrons. The lowest BCUT2D eigenvalue weighted by Crippen LogP contribution is -2.39. The van der Waals surface area contributed by atoms with Crippen LogP contribution in [0.3, 0.4) is 0 Å². The van der Waals surface area contributed by atoms with Gasteiger partial charge in [-0.25, -0.2) is 23.2 Å². The number of ether oxygens (including phenoxy) is 7. The van der Waals surface area contributed by atoms with E-state index in [4.69, 9.17) is 33.2 Å². The number of benzene rings is 3. The fourth-order valence-corrected chi connectivity index (χ4v) is 8.66. The summed E-state index contributed by atoms with van der Waals surface area (Å²) in [6.45, 7) is 18.0. The van der Waals surface area contributed by atoms with Gasteiger partial charge >= 0.3 is 17.9 Å². The molecule has 0 aromatic heterocycles. The standard InChI is InChI=1S/C30H33FO6.C23H29FO5/c1-18-16-19(2)25-22(17-18)12-9-13-24-27(37-30(4,5)36-24)26(23(31)15-14-20(3)34-29(25)33)35-28(32)21-10-7-6-8-11-21;1-13-11-14(2)19-16(12-13)7-6-8-18-21(29-23(4,5)28-18)20(25)17(24)10-9-15(3)27-22(19)26/h6-12,15-17,20,24,26-27H,13-14H2,1-5H3;6-7,10-12,15,18,20-21,25H,8-9H2,1-5H3/b12-9+,23-15+;7-6+,17-10+/t20?,24-,26?,27?;15?,18-,20?,21?/m00/s1. The van der Waals surface area contributed by atoms with E-state index in [0.717, 1.165) is 33.4 Å². The van der Waals surface area contributed by atoms with E-state index in [1.807, 2.05) is 76.3 Å². The third kappa shape index (κ3) is 12.6. The van der Waals surface area contributed by atoms with Crippen LogP contribution >= 0.6 is 0 Å². The molecule has 3 aromatic carbocycles. The number of esters is 3. The van der Waals surface area contributed by atoms with Crippen molar-refractivity contribution in [3.05, 3.63) is 141 Å². The average molecular weight is 913 g/mol. The number of hydrogen-bond acceptors (Lipinski definition) is 11. The van der Waals surface area contributed by atoms with Gasteiger partial charge in [-0.3, -0.25) is 0 Å². The summed E-state index contributed by atoms with van der Waals surface area (Å²) < 4.78 is 71.0. The van der Waals surface area contributed by atoms with E-state index in [0.29, 0.717) is 29.5 Å². The van der Waals surface area contributed by atoms with Crippen LogP contribution in [0.4, 0.5) is 8.78 Å². The molecule has 13 heteroatoms. The van der Waals surface area contributed by atoms with E-state index in [2.05, 4.69) is 0 Å². The lowest BCUT2D eigenvalue weighted by Gasteiger charge is -2.26. The average Bonchev–Trinajstić information content (AvgIpc) is 3.72. The molecule has 4 heterocycles. The summed E-state index contributed by atoms with van der Waals surface area (Å²) in [6, 6.07) is 16.1. The van der Waals surface area contributed by atoms with E-state index in [1.54, 1.807) is 71.9 Å². The summed E-state index contributed by atoms with van der Waals surface area (Å²) in [5.41, 5.74) is 6.44. The molecule has 1 N–H and O–H groups in total. The van der Waals surface area contributed by atoms with Crippen molar-refractivity contribution in [3.8, 4) is 0 Å². The SMILES string of the molecule is Cc1cc(C)c2c(c1)/C=C/C[C@@H]1OC(C)(C)OC1C(O)/C(F)=C\CC(C)OC2=O.Cc1cc(C)c2c(c1)/C=C/C[C@@H]1OC(C)(C)OC1C(OC(=O)c1ccccc1)/C(F)=C\CC(C)OC2=O. The number of halogens is 2. The molecular weight excluding hydrogens is 851 g/mol. The number of cyclic esters (lactones) is 2. The number of carbonyl (C=O) groups is 3. The highest BCUT2D eigenvalue weighted by molar-refractivity contribution is 5.96. The van der Waals surface area contributed by atoms with E-state index in [1.165, 1.54) is 12.2 Å². The first-order chi connectivity index (χ1) is 31.1. The molecule has 0 spiro atoms. The number of rotatable bonds is 2. The highest BCUT2D eigenvalue weighted by Crippen LogP contribution is 2.37. The molecule has 6 unspecified atom stereocenters. The maximum atomic E-state index is 15.7. The molecule has 0 aliphatic carbocycles. The van der Waals surface area contributed by atoms with Crippen molar-refractivity contribution in [2.45, 2.75) is 155 Å². The van der Waals surface area contributed by atoms with Gasteiger partial charge in [0.1, 0.15) is 42.2 Å². The zero-order valence-corrected chi connectivity index (χ0v) is 39.4. The second-order valence-corrected chi connectivity index (χ2v) is 18.4. The lowest BCUT2D eigenvalue weighted by molar-refractivity contribution is -0.154. The van der Waals surface area contributed by atoms with Gasteiger partial charge in [0, 0.05) is 12.8 Å². The third-order valence-electron chi connectivity index (χ3n) is 11.5. The summed E-state index contributed by atoms with van der Waals surface area (Å²) in [5.74, 6) is -4.91. The Hall–Kier alpha value is -5.31. The fourth-order valence-electron chi connectivity index (χ4n) is 8.66. The van der Waals surface area contributed by atoms with E-state index in [-0.39, 0.29) is 12.8 Å². The largest absolute Gasteiger partial charge is 0.459 e. The normalized spacial score (nSPS) is 30.2. The van der Waals surface area contributed by atoms with Gasteiger partial charge in [0.25, 0.3) is 0 Å². The van der Waals surface area contributed by atoms with Crippen LogP contribution in [0.25, 0.3) is 12.2 Å². The zero-order valence-electron chi connectivity index (χ0n) is 39.4. The van der Waals surface area contributed by atoms with E-state index >= 15 is 4.39 Å². The number of hydrogen-bond donors (Lipinski definition) is 1. The minimum absolute atomic E-state index is 0.0919. The van der Waals surface area contributed by atoms with Gasteiger partial charge < -0.3 is 38.3 Å². The van der Waals surface area contributed by atoms with Crippen LogP contribution in [0, 0.1) is 27.7 Å². The van der Waals surface area contributed by atoms with E-state index in [9.17, 15) is 23.9 Å². The number of aryl methyl sites for hydroxylation is 4. The highest BCUT2D eigenvalue weighted by Gasteiger charge is 2.48. The maximum absolute atomic E-state index is 15.7. The van der Waals surface area contributed by atoms with Gasteiger partial charge in [0.05, 0.1) is 28.9 Å². The summed E-state index contributed by atoms with van der Waals surface area (Å²) >= 11 is 0. The Morgan fingerprint density at radius 1 is 0.652 bits per heavy atom. The molecule has 7 rings (SSSR count). The van der Waals surface area contributed by atoms with Crippen LogP contribution in [0.15, 0.2) is 90.6 Å². The van der Waals surface area contributed by atoms with Crippen molar-refractivity contribution in [3.63, 3.8) is 0 Å². The lowest BCUT2D eigenvalue weighted by atomic mass is 9.97. The minimum atomic E-state index is -1.45. The minimum Gasteiger partial charge on any atom is -0.459 e. The van der Waals surface area contributed by atoms with Gasteiger partial charge in [-0.2, -0.15) is 0 Å². The highest BCUT2D eigenvalue weighted by atomic mass is 19.1. The Labute approximate surface area is 386 Å². The molecule has 66 heavy (non-hydrogen) atoms. The number of fused-ring (bicyclic) bond motifs is 4. The summed E-state index contributed by atoms with van der Waals surface area (Å²) in [7, 11) is 0. The fraction of sp³-hybridized carbons (Fsp3) is 0.453. The predicted octanol–water partition coefficient (Wildman–Crippen LogP) is 10.6. The molecule has 11 nitrogen and oxygen atoms in total. The molecule has 2 fully saturated rings. The maximum Gasteiger partial charge on any atom is 0.339 e. The Morgan fingerprint density at radius 2 is 1.11 bits per heavy atom. The molecule has 0 saturated carbocycles. The smallest absolute Gasteiger partial charge is 0.339 e. The van der Waals surface area contributed by atoms with Crippen molar-refractivity contribution in [1.82, 2.24) is 0 Å². The summed E-state index contributed by atoms with van der Waals surface area (Å²) in [5, 5.41) is 10.5. The van der Waals surface area contributed by atoms with Crippen LogP contribution in [0.1, 0.15) is 132 Å². The molecule has 0 bridgehead atoms. The van der Waals surface area contributed by atoms with Crippen LogP contribution in [0.5, 0.6) is 0 Å². The van der Waals surface area contributed by atoms with Crippen molar-refractivity contribution in [2.75, 3.05) is 0 Å². The van der Waals surface area contributed by atoms with E-state index < -0.39 is 90.0 Å². The molecule has 354 valence electrons. The molecule has 2 saturated heterocycles. The summed E-state index contributed by atoms with van der Waals surface area (Å²) in [4.78, 5) is 38.7. The monoisotopic (exact) mass is 912 g/mol. The molecule has 4 aliphatic rings. The Morgan fingerprint density at radius 3 is 1.61 bits per heavy atom. The number of aliphatic hydroxyl groups excluding tert-OH is 1. The molecule has 4 aliphatic heterocycles. The summed E-state index contributed by atoms with van der Waals surface area (Å²) in [6.07, 6.45) is 4.15. The Balaban J connectivity index is 0.000000225. The second-order valence-electron chi connectivity index (χ2n) is 18.4. The molecule has 0 amide bonds. The first-order valence-electron chi connectivity index (χ1n) is 22.5. The van der Waals surface area contributed by atoms with Gasteiger partial charge in [-0.1, -0.05) is 77.9 Å². The third-order valence-corrected chi connectivity index (χ3v) is 11.5. The van der Waals surface area contributed by atoms with Crippen LogP contribution in [-0.2, 0) is 33.2 Å². The Kier molecular flexibility index (Phi) is 16.0. The van der Waals surface area contributed by atoms with Gasteiger partial charge in [-0.15, -0.1) is 0 Å². The van der Waals surface area contributed by atoms with Gasteiger partial charge in [-0.05, 0) is 129 Å². The number of aliphatic hydroxyl groups is 1. The second kappa shape index (κ2) is 21.1. The van der Waals surface area contributed by atoms with Crippen molar-refractivity contribution in [2.24, 2.45) is 0 Å². The van der Waals surface area contributed by atoms with Crippen molar-refractivity contribution >= 4 is 30.1 Å². The molecule has 3 aromatic rings. The molecule has 8 atom stereocenters. The number of carbonyl (C=O) groups excluding carboxylic acids is 3. The van der Waals surface area contributed by atoms with Crippen molar-refractivity contribution < 1.29 is 61.4 Å². The van der Waals surface area contributed by atoms with Gasteiger partial charge in [0.2, 0.25) is 0 Å². The Bertz CT molecular complexity index is 2380. The van der Waals surface area contributed by atoms with Crippen molar-refractivity contribution in [1.29, 1.82) is 0 Å². The zero-order chi connectivity index (χ0) is 48.1. The predicted molar refractivity (Wildman–Crippen MR) is 246 cm³/mol.